The smallest absolute Gasteiger partial charge is 0.0384 e. The van der Waals surface area contributed by atoms with Crippen molar-refractivity contribution in [1.29, 1.82) is 0 Å². The number of thiophene rings is 2. The fourth-order valence-corrected chi connectivity index (χ4v) is 6.62. The Hall–Kier alpha value is -2.94. The maximum absolute atomic E-state index is 2.36. The van der Waals surface area contributed by atoms with E-state index in [1.165, 1.54) is 64.3 Å². The lowest BCUT2D eigenvalue weighted by Crippen LogP contribution is -1.86. The first-order valence-electron chi connectivity index (χ1n) is 9.88. The summed E-state index contributed by atoms with van der Waals surface area (Å²) in [6, 6.07) is 27.4. The van der Waals surface area contributed by atoms with Crippen LogP contribution in [0.15, 0.2) is 83.6 Å². The normalized spacial score (nSPS) is 12.7. The van der Waals surface area contributed by atoms with Crippen LogP contribution in [0.1, 0.15) is 11.1 Å². The third kappa shape index (κ3) is 2.24. The summed E-state index contributed by atoms with van der Waals surface area (Å²) in [7, 11) is 0. The summed E-state index contributed by atoms with van der Waals surface area (Å²) in [6.07, 6.45) is 1.04. The summed E-state index contributed by atoms with van der Waals surface area (Å²) in [4.78, 5) is 0. The van der Waals surface area contributed by atoms with Crippen molar-refractivity contribution in [1.82, 2.24) is 0 Å². The Kier molecular flexibility index (Phi) is 3.18. The molecule has 136 valence electrons. The molecule has 2 heterocycles. The van der Waals surface area contributed by atoms with E-state index in [1.807, 2.05) is 22.7 Å². The van der Waals surface area contributed by atoms with Crippen molar-refractivity contribution < 1.29 is 0 Å². The summed E-state index contributed by atoms with van der Waals surface area (Å²) < 4.78 is 2.81. The van der Waals surface area contributed by atoms with Crippen LogP contribution in [-0.4, -0.2) is 0 Å². The molecule has 0 nitrogen and oxygen atoms in total. The fraction of sp³-hybridized carbons (Fsp3) is 0.0370. The average molecular weight is 405 g/mol. The molecule has 2 aromatic heterocycles. The van der Waals surface area contributed by atoms with Gasteiger partial charge < -0.3 is 0 Å². The summed E-state index contributed by atoms with van der Waals surface area (Å²) in [5, 5.41) is 9.81. The van der Waals surface area contributed by atoms with Crippen LogP contribution in [0, 0.1) is 0 Å². The minimum Gasteiger partial charge on any atom is -0.144 e. The first-order chi connectivity index (χ1) is 14.3. The van der Waals surface area contributed by atoms with E-state index in [0.717, 1.165) is 6.42 Å². The first-order valence-corrected chi connectivity index (χ1v) is 11.6. The predicted octanol–water partition coefficient (Wildman–Crippen LogP) is 8.51. The van der Waals surface area contributed by atoms with Gasteiger partial charge in [0.05, 0.1) is 0 Å². The topological polar surface area (TPSA) is 0 Å². The fourth-order valence-electron chi connectivity index (χ4n) is 4.85. The second-order valence-electron chi connectivity index (χ2n) is 7.81. The van der Waals surface area contributed by atoms with Crippen LogP contribution in [0.5, 0.6) is 0 Å². The van der Waals surface area contributed by atoms with Crippen molar-refractivity contribution in [3.8, 4) is 22.3 Å². The Bertz CT molecular complexity index is 1580. The predicted molar refractivity (Wildman–Crippen MR) is 128 cm³/mol. The van der Waals surface area contributed by atoms with Crippen LogP contribution in [-0.2, 0) is 6.42 Å². The molecule has 0 N–H and O–H groups in total. The molecule has 0 saturated heterocycles. The van der Waals surface area contributed by atoms with Crippen molar-refractivity contribution >= 4 is 53.6 Å². The molecule has 6 aromatic rings. The molecular formula is C27H16S2. The van der Waals surface area contributed by atoms with Crippen LogP contribution < -0.4 is 0 Å². The molecule has 29 heavy (non-hydrogen) atoms. The minimum absolute atomic E-state index is 1.04. The molecule has 0 bridgehead atoms. The Balaban J connectivity index is 1.40. The van der Waals surface area contributed by atoms with Gasteiger partial charge >= 0.3 is 0 Å². The second kappa shape index (κ2) is 5.79. The molecule has 4 aromatic carbocycles. The summed E-state index contributed by atoms with van der Waals surface area (Å²) in [5.41, 5.74) is 8.42. The van der Waals surface area contributed by atoms with Crippen molar-refractivity contribution in [3.05, 3.63) is 94.7 Å². The number of fused-ring (bicyclic) bond motifs is 8. The van der Waals surface area contributed by atoms with Gasteiger partial charge in [-0.3, -0.25) is 0 Å². The summed E-state index contributed by atoms with van der Waals surface area (Å²) in [6.45, 7) is 0. The van der Waals surface area contributed by atoms with Crippen molar-refractivity contribution in [2.24, 2.45) is 0 Å². The van der Waals surface area contributed by atoms with Gasteiger partial charge in [0.25, 0.3) is 0 Å². The number of rotatable bonds is 1. The van der Waals surface area contributed by atoms with Gasteiger partial charge in [-0.1, -0.05) is 48.5 Å². The van der Waals surface area contributed by atoms with E-state index in [9.17, 15) is 0 Å². The highest BCUT2D eigenvalue weighted by Crippen LogP contribution is 2.45. The standard InChI is InChI=1S/C27H16S2/c1-2-19(14-26-16(1)9-11-28-26)18-4-6-21-20(13-18)5-8-22-23-7-3-17-10-12-29-27(17)25(23)15-24(21)22/h1-14H,15H2. The molecule has 0 radical (unpaired) electrons. The summed E-state index contributed by atoms with van der Waals surface area (Å²) >= 11 is 3.68. The Morgan fingerprint density at radius 1 is 0.552 bits per heavy atom. The van der Waals surface area contributed by atoms with E-state index < -0.39 is 0 Å². The van der Waals surface area contributed by atoms with E-state index in [2.05, 4.69) is 83.6 Å². The molecule has 2 heteroatoms. The molecule has 0 saturated carbocycles. The molecule has 0 atom stereocenters. The number of hydrogen-bond acceptors (Lipinski definition) is 2. The number of hydrogen-bond donors (Lipinski definition) is 0. The molecule has 0 aliphatic heterocycles. The van der Waals surface area contributed by atoms with Crippen LogP contribution in [0.25, 0.3) is 53.2 Å². The minimum atomic E-state index is 1.04. The zero-order valence-corrected chi connectivity index (χ0v) is 17.2. The van der Waals surface area contributed by atoms with Crippen LogP contribution in [0.3, 0.4) is 0 Å². The molecular weight excluding hydrogens is 388 g/mol. The lowest BCUT2D eigenvalue weighted by atomic mass is 9.95. The van der Waals surface area contributed by atoms with Gasteiger partial charge in [0.15, 0.2) is 0 Å². The van der Waals surface area contributed by atoms with Gasteiger partial charge in [-0.15, -0.1) is 22.7 Å². The van der Waals surface area contributed by atoms with Crippen LogP contribution >= 0.6 is 22.7 Å². The van der Waals surface area contributed by atoms with Gasteiger partial charge in [0.1, 0.15) is 0 Å². The molecule has 0 spiro atoms. The first kappa shape index (κ1) is 15.9. The van der Waals surface area contributed by atoms with Gasteiger partial charge in [-0.25, -0.2) is 0 Å². The highest BCUT2D eigenvalue weighted by molar-refractivity contribution is 7.17. The Labute approximate surface area is 176 Å². The third-order valence-electron chi connectivity index (χ3n) is 6.29. The molecule has 7 rings (SSSR count). The lowest BCUT2D eigenvalue weighted by molar-refractivity contribution is 1.31. The maximum atomic E-state index is 2.36. The number of benzene rings is 4. The molecule has 0 unspecified atom stereocenters. The van der Waals surface area contributed by atoms with Gasteiger partial charge in [0.2, 0.25) is 0 Å². The highest BCUT2D eigenvalue weighted by atomic mass is 32.1. The lowest BCUT2D eigenvalue weighted by Gasteiger charge is -2.09. The molecule has 0 fully saturated rings. The van der Waals surface area contributed by atoms with E-state index in [1.54, 1.807) is 0 Å². The van der Waals surface area contributed by atoms with Crippen LogP contribution in [0.4, 0.5) is 0 Å². The molecule has 1 aliphatic rings. The summed E-state index contributed by atoms with van der Waals surface area (Å²) in [5.74, 6) is 0. The van der Waals surface area contributed by atoms with Crippen LogP contribution in [0.2, 0.25) is 0 Å². The van der Waals surface area contributed by atoms with Crippen molar-refractivity contribution in [2.45, 2.75) is 6.42 Å². The van der Waals surface area contributed by atoms with E-state index in [-0.39, 0.29) is 0 Å². The quantitative estimate of drug-likeness (QED) is 0.257. The zero-order chi connectivity index (χ0) is 18.9. The monoisotopic (exact) mass is 404 g/mol. The van der Waals surface area contributed by atoms with E-state index in [4.69, 9.17) is 0 Å². The van der Waals surface area contributed by atoms with E-state index >= 15 is 0 Å². The Morgan fingerprint density at radius 3 is 2.24 bits per heavy atom. The third-order valence-corrected chi connectivity index (χ3v) is 8.16. The van der Waals surface area contributed by atoms with Gasteiger partial charge in [0, 0.05) is 15.8 Å². The largest absolute Gasteiger partial charge is 0.144 e. The second-order valence-corrected chi connectivity index (χ2v) is 9.67. The van der Waals surface area contributed by atoms with Gasteiger partial charge in [-0.2, -0.15) is 0 Å². The van der Waals surface area contributed by atoms with Crippen molar-refractivity contribution in [2.75, 3.05) is 0 Å². The highest BCUT2D eigenvalue weighted by Gasteiger charge is 2.23. The zero-order valence-electron chi connectivity index (χ0n) is 15.6. The Morgan fingerprint density at radius 2 is 1.28 bits per heavy atom. The van der Waals surface area contributed by atoms with E-state index in [0.29, 0.717) is 0 Å². The van der Waals surface area contributed by atoms with Crippen molar-refractivity contribution in [3.63, 3.8) is 0 Å². The molecule has 1 aliphatic carbocycles. The maximum Gasteiger partial charge on any atom is 0.0384 e. The molecule has 0 amide bonds. The average Bonchev–Trinajstić information content (AvgIpc) is 3.49. The SMILES string of the molecule is c1cc2ccc(-c3ccc4c5c(ccc4c3)-c3ccc4ccsc4c3C5)cc2s1. The van der Waals surface area contributed by atoms with Gasteiger partial charge in [-0.05, 0) is 90.0 Å².